The van der Waals surface area contributed by atoms with Gasteiger partial charge in [0.1, 0.15) is 5.84 Å². The molecule has 6 nitrogen and oxygen atoms in total. The van der Waals surface area contributed by atoms with Crippen molar-refractivity contribution in [2.75, 3.05) is 26.5 Å². The smallest absolute Gasteiger partial charge is 0.251 e. The van der Waals surface area contributed by atoms with E-state index in [-0.39, 0.29) is 12.7 Å². The van der Waals surface area contributed by atoms with Crippen molar-refractivity contribution in [3.63, 3.8) is 0 Å². The Morgan fingerprint density at radius 1 is 0.918 bits per heavy atom. The van der Waals surface area contributed by atoms with Crippen LogP contribution in [-0.4, -0.2) is 42.4 Å². The van der Waals surface area contributed by atoms with E-state index in [1.54, 1.807) is 31.4 Å². The molecule has 4 aromatic rings. The molecule has 49 heavy (non-hydrogen) atoms. The van der Waals surface area contributed by atoms with E-state index >= 15 is 0 Å². The van der Waals surface area contributed by atoms with E-state index < -0.39 is 0 Å². The van der Waals surface area contributed by atoms with Gasteiger partial charge in [-0.05, 0) is 85.9 Å². The molecule has 0 aliphatic heterocycles. The molecule has 6 heteroatoms. The van der Waals surface area contributed by atoms with Crippen LogP contribution in [0.3, 0.4) is 0 Å². The number of amides is 1. The summed E-state index contributed by atoms with van der Waals surface area (Å²) in [5, 5.41) is 8.47. The van der Waals surface area contributed by atoms with Crippen LogP contribution in [0.15, 0.2) is 109 Å². The van der Waals surface area contributed by atoms with Crippen LogP contribution in [0.2, 0.25) is 0 Å². The molecular formula is C43H62N4O2. The molecule has 1 aromatic heterocycles. The number of pyridine rings is 1. The van der Waals surface area contributed by atoms with Gasteiger partial charge in [-0.15, -0.1) is 0 Å². The summed E-state index contributed by atoms with van der Waals surface area (Å²) in [6.07, 6.45) is 9.08. The first-order valence-corrected chi connectivity index (χ1v) is 17.4. The molecule has 266 valence electrons. The first kappa shape index (κ1) is 42.5. The minimum atomic E-state index is -0.119. The summed E-state index contributed by atoms with van der Waals surface area (Å²) >= 11 is 0. The van der Waals surface area contributed by atoms with Crippen LogP contribution >= 0.6 is 0 Å². The molecule has 0 fully saturated rings. The number of methoxy groups -OCH3 is 1. The predicted octanol–water partition coefficient (Wildman–Crippen LogP) is 10.5. The van der Waals surface area contributed by atoms with Gasteiger partial charge in [-0.1, -0.05) is 119 Å². The van der Waals surface area contributed by atoms with Gasteiger partial charge in [-0.2, -0.15) is 0 Å². The Hall–Kier alpha value is -4.55. The number of carbonyl (C=O) groups is 1. The van der Waals surface area contributed by atoms with Crippen LogP contribution in [0.25, 0.3) is 11.3 Å². The van der Waals surface area contributed by atoms with Crippen molar-refractivity contribution in [2.24, 2.45) is 0 Å². The van der Waals surface area contributed by atoms with Crippen LogP contribution < -0.4 is 5.73 Å². The number of nitrogens with zero attached hydrogens (tertiary/aromatic N) is 2. The summed E-state index contributed by atoms with van der Waals surface area (Å²) in [6.45, 7) is 15.1. The highest BCUT2D eigenvalue weighted by Crippen LogP contribution is 2.23. The molecule has 0 saturated carbocycles. The first-order chi connectivity index (χ1) is 23.5. The fourth-order valence-electron chi connectivity index (χ4n) is 4.77. The van der Waals surface area contributed by atoms with Gasteiger partial charge in [0, 0.05) is 34.2 Å². The minimum absolute atomic E-state index is 0. The summed E-state index contributed by atoms with van der Waals surface area (Å²) in [5.74, 6) is 0.248. The number of rotatable bonds is 10. The highest BCUT2D eigenvalue weighted by molar-refractivity contribution is 6.01. The van der Waals surface area contributed by atoms with Crippen molar-refractivity contribution in [1.82, 2.24) is 9.88 Å². The standard InChI is InChI=1S/C32H40N4O.C7H8.C2H6O.C2H6.H2/c1-5-36(31(37)15-7-6-10-24-16-18-27(19-17-24)32(2,3)4)30(34)14-9-12-25-11-8-13-26(22-25)29-21-20-28(33)23-35-29;1-7-5-3-2-4-6-7;1-3-2;1-2;/h7-8,11,13,15-23,34H,5-6,9-10,12,14,33H2,1-4H3;2-6H,1H3;1-2H3;1-2H3;1H/b15-7+,34-30?;;;;. The van der Waals surface area contributed by atoms with E-state index in [2.05, 4.69) is 85.9 Å². The molecule has 0 saturated heterocycles. The number of likely N-dealkylation sites (N-methyl/N-ethyl adjacent to an activating group) is 1. The largest absolute Gasteiger partial charge is 0.397 e. The zero-order valence-corrected chi connectivity index (χ0v) is 31.4. The lowest BCUT2D eigenvalue weighted by Gasteiger charge is -2.20. The highest BCUT2D eigenvalue weighted by Gasteiger charge is 2.14. The second-order valence-electron chi connectivity index (χ2n) is 12.5. The van der Waals surface area contributed by atoms with Crippen LogP contribution in [0.1, 0.15) is 84.5 Å². The summed E-state index contributed by atoms with van der Waals surface area (Å²) in [4.78, 5) is 18.7. The topological polar surface area (TPSA) is 92.3 Å². The number of ether oxygens (including phenoxy) is 1. The number of nitrogens with two attached hydrogens (primary N) is 1. The van der Waals surface area contributed by atoms with Crippen LogP contribution in [-0.2, 0) is 27.8 Å². The number of hydrogen-bond donors (Lipinski definition) is 2. The Kier molecular flexibility index (Phi) is 20.6. The zero-order valence-electron chi connectivity index (χ0n) is 31.4. The van der Waals surface area contributed by atoms with E-state index in [9.17, 15) is 4.79 Å². The van der Waals surface area contributed by atoms with E-state index in [0.29, 0.717) is 24.5 Å². The summed E-state index contributed by atoms with van der Waals surface area (Å²) in [5.41, 5.74) is 13.6. The van der Waals surface area contributed by atoms with Crippen molar-refractivity contribution < 1.29 is 11.0 Å². The maximum Gasteiger partial charge on any atom is 0.251 e. The molecular weight excluding hydrogens is 604 g/mol. The Labute approximate surface area is 298 Å². The number of nitrogens with one attached hydrogen (secondary N) is 1. The number of amidine groups is 1. The van der Waals surface area contributed by atoms with Gasteiger partial charge in [0.2, 0.25) is 0 Å². The minimum Gasteiger partial charge on any atom is -0.397 e. The zero-order chi connectivity index (χ0) is 36.7. The highest BCUT2D eigenvalue weighted by atomic mass is 16.4. The summed E-state index contributed by atoms with van der Waals surface area (Å²) in [7, 11) is 3.25. The number of nitrogen functional groups attached to an aromatic ring is 1. The van der Waals surface area contributed by atoms with Gasteiger partial charge < -0.3 is 10.5 Å². The van der Waals surface area contributed by atoms with Crippen molar-refractivity contribution in [3.8, 4) is 11.3 Å². The van der Waals surface area contributed by atoms with Gasteiger partial charge in [0.25, 0.3) is 5.91 Å². The number of aryl methyl sites for hydroxylation is 3. The number of hydrogen-bond acceptors (Lipinski definition) is 5. The van der Waals surface area contributed by atoms with Gasteiger partial charge in [0.15, 0.2) is 0 Å². The average Bonchev–Trinajstić information content (AvgIpc) is 3.09. The number of anilines is 1. The number of benzene rings is 3. The molecule has 0 aliphatic carbocycles. The lowest BCUT2D eigenvalue weighted by atomic mass is 9.86. The number of aromatic nitrogens is 1. The Morgan fingerprint density at radius 3 is 2.10 bits per heavy atom. The molecule has 0 spiro atoms. The normalized spacial score (nSPS) is 10.5. The molecule has 0 bridgehead atoms. The summed E-state index contributed by atoms with van der Waals surface area (Å²) in [6, 6.07) is 31.0. The van der Waals surface area contributed by atoms with E-state index in [1.165, 1.54) is 22.3 Å². The third-order valence-electron chi connectivity index (χ3n) is 7.42. The predicted molar refractivity (Wildman–Crippen MR) is 212 cm³/mol. The molecule has 0 atom stereocenters. The van der Waals surface area contributed by atoms with E-state index in [1.807, 2.05) is 69.3 Å². The van der Waals surface area contributed by atoms with Gasteiger partial charge in [-0.25, -0.2) is 0 Å². The molecule has 0 unspecified atom stereocenters. The first-order valence-electron chi connectivity index (χ1n) is 17.4. The lowest BCUT2D eigenvalue weighted by molar-refractivity contribution is -0.122. The van der Waals surface area contributed by atoms with Gasteiger partial charge >= 0.3 is 0 Å². The van der Waals surface area contributed by atoms with E-state index in [0.717, 1.165) is 36.9 Å². The molecule has 0 radical (unpaired) electrons. The number of allylic oxidation sites excluding steroid dienone is 1. The molecule has 3 N–H and O–H groups in total. The molecule has 0 aliphatic rings. The monoisotopic (exact) mass is 666 g/mol. The number of carbonyl (C=O) groups excluding carboxylic acids is 1. The molecule has 1 heterocycles. The van der Waals surface area contributed by atoms with Crippen molar-refractivity contribution >= 4 is 17.4 Å². The third kappa shape index (κ3) is 16.9. The van der Waals surface area contributed by atoms with Gasteiger partial charge in [0.05, 0.1) is 17.6 Å². The fourth-order valence-corrected chi connectivity index (χ4v) is 4.77. The van der Waals surface area contributed by atoms with Gasteiger partial charge in [-0.3, -0.25) is 20.1 Å². The van der Waals surface area contributed by atoms with Crippen LogP contribution in [0.4, 0.5) is 5.69 Å². The Morgan fingerprint density at radius 2 is 1.57 bits per heavy atom. The molecule has 4 rings (SSSR count). The van der Waals surface area contributed by atoms with Crippen molar-refractivity contribution in [2.45, 2.75) is 86.0 Å². The third-order valence-corrected chi connectivity index (χ3v) is 7.42. The van der Waals surface area contributed by atoms with E-state index in [4.69, 9.17) is 11.1 Å². The van der Waals surface area contributed by atoms with Crippen LogP contribution in [0.5, 0.6) is 0 Å². The Bertz CT molecular complexity index is 1510. The SMILES string of the molecule is CC.CCN(C(=N)CCCc1cccc(-c2ccc(N)cn2)c1)C(=O)/C=C/CCc1ccc(C(C)(C)C)cc1.COC.Cc1ccccc1.[HH]. The fraction of sp³-hybridized carbons (Fsp3) is 0.372. The maximum absolute atomic E-state index is 12.7. The quantitative estimate of drug-likeness (QED) is 0.100. The second-order valence-corrected chi connectivity index (χ2v) is 12.5. The molecule has 1 amide bonds. The molecule has 3 aromatic carbocycles. The maximum atomic E-state index is 12.7. The van der Waals surface area contributed by atoms with Crippen LogP contribution in [0, 0.1) is 12.3 Å². The van der Waals surface area contributed by atoms with Crippen molar-refractivity contribution in [1.29, 1.82) is 5.41 Å². The Balaban J connectivity index is 0.00000158. The van der Waals surface area contributed by atoms with Crippen molar-refractivity contribution in [3.05, 3.63) is 132 Å². The second kappa shape index (κ2) is 23.7. The summed E-state index contributed by atoms with van der Waals surface area (Å²) < 4.78 is 4.25. The lowest BCUT2D eigenvalue weighted by Crippen LogP contribution is -2.35. The average molecular weight is 667 g/mol.